The largest absolute Gasteiger partial charge is 0.389 e. The number of aliphatic hydroxyl groups is 1. The highest BCUT2D eigenvalue weighted by Gasteiger charge is 2.67. The number of nitrogens with zero attached hydrogens (tertiary/aromatic N) is 2. The van der Waals surface area contributed by atoms with E-state index in [2.05, 4.69) is 25.0 Å². The molecule has 4 saturated carbocycles. The number of rotatable bonds is 3. The number of carbonyl (C=O) groups excluding carboxylic acids is 1. The van der Waals surface area contributed by atoms with Crippen molar-refractivity contribution in [3.63, 3.8) is 0 Å². The number of aromatic nitrogens is 2. The molecule has 5 aliphatic carbocycles. The van der Waals surface area contributed by atoms with Crippen LogP contribution in [-0.4, -0.2) is 26.3 Å². The van der Waals surface area contributed by atoms with Crippen LogP contribution in [0.15, 0.2) is 30.1 Å². The van der Waals surface area contributed by atoms with E-state index in [1.54, 1.807) is 16.5 Å². The lowest BCUT2D eigenvalue weighted by atomic mass is 9.51. The zero-order valence-corrected chi connectivity index (χ0v) is 17.8. The number of hydrogen-bond donors (Lipinski definition) is 1. The Kier molecular flexibility index (Phi) is 3.83. The van der Waals surface area contributed by atoms with Crippen LogP contribution in [0.2, 0.25) is 0 Å². The lowest BCUT2D eigenvalue weighted by Gasteiger charge is -2.53. The van der Waals surface area contributed by atoms with Crippen LogP contribution in [0.5, 0.6) is 0 Å². The predicted octanol–water partition coefficient (Wildman–Crippen LogP) is 4.25. The molecule has 1 N–H and O–H groups in total. The molecule has 29 heavy (non-hydrogen) atoms. The molecule has 2 unspecified atom stereocenters. The molecule has 0 bridgehead atoms. The normalized spacial score (nSPS) is 50.0. The first-order valence-electron chi connectivity index (χ1n) is 11.9. The van der Waals surface area contributed by atoms with Gasteiger partial charge in [0, 0.05) is 24.2 Å². The zero-order chi connectivity index (χ0) is 20.0. The molecule has 0 aliphatic heterocycles. The molecule has 1 aromatic heterocycles. The van der Waals surface area contributed by atoms with Gasteiger partial charge in [0.25, 0.3) is 0 Å². The summed E-state index contributed by atoms with van der Waals surface area (Å²) in [6.07, 6.45) is 14.3. The summed E-state index contributed by atoms with van der Waals surface area (Å²) in [7, 11) is 0. The summed E-state index contributed by atoms with van der Waals surface area (Å²) in [4.78, 5) is 13.2. The second-order valence-corrected chi connectivity index (χ2v) is 11.1. The van der Waals surface area contributed by atoms with Gasteiger partial charge < -0.3 is 5.11 Å². The monoisotopic (exact) mass is 394 g/mol. The number of carbonyl (C=O) groups is 1. The van der Waals surface area contributed by atoms with Crippen LogP contribution in [-0.2, 0) is 11.3 Å². The minimum Gasteiger partial charge on any atom is -0.389 e. The molecule has 5 aliphatic rings. The standard InChI is InChI=1S/C25H34N2O2/c1-15-23-19-5-4-18-16(17(19)9-11-25(15,23)29)8-10-24(2)20(18)6-7-21(24)22(28)14-27-13-3-12-26-27/h3,5,12-13,15-18,20-21,23,29H,4,6-11,14H2,1-2H3/t15?,16-,17-,18-,20+,21-,23?,24+,25+/m1/s1. The van der Waals surface area contributed by atoms with Crippen LogP contribution in [0.4, 0.5) is 0 Å². The van der Waals surface area contributed by atoms with E-state index in [1.807, 2.05) is 12.3 Å². The van der Waals surface area contributed by atoms with Crippen LogP contribution in [0, 0.1) is 46.8 Å². The Balaban J connectivity index is 1.24. The molecular formula is C25H34N2O2. The maximum absolute atomic E-state index is 13.2. The van der Waals surface area contributed by atoms with E-state index in [-0.39, 0.29) is 16.9 Å². The third kappa shape index (κ3) is 2.41. The number of allylic oxidation sites excluding steroid dienone is 1. The van der Waals surface area contributed by atoms with E-state index in [4.69, 9.17) is 0 Å². The molecule has 1 aromatic rings. The summed E-state index contributed by atoms with van der Waals surface area (Å²) in [6, 6.07) is 1.90. The Morgan fingerprint density at radius 1 is 1.24 bits per heavy atom. The minimum absolute atomic E-state index is 0.166. The molecule has 0 radical (unpaired) electrons. The van der Waals surface area contributed by atoms with E-state index in [1.165, 1.54) is 32.1 Å². The third-order valence-corrected chi connectivity index (χ3v) is 10.3. The van der Waals surface area contributed by atoms with Crippen LogP contribution in [0.3, 0.4) is 0 Å². The first kappa shape index (κ1) is 18.4. The molecule has 9 atom stereocenters. The average molecular weight is 395 g/mol. The Hall–Kier alpha value is -1.42. The second kappa shape index (κ2) is 6.06. The van der Waals surface area contributed by atoms with Crippen molar-refractivity contribution in [2.45, 2.75) is 70.9 Å². The molecule has 0 aromatic carbocycles. The van der Waals surface area contributed by atoms with Gasteiger partial charge in [-0.2, -0.15) is 5.10 Å². The van der Waals surface area contributed by atoms with Crippen LogP contribution in [0.25, 0.3) is 0 Å². The average Bonchev–Trinajstić information content (AvgIpc) is 3.08. The Morgan fingerprint density at radius 3 is 2.90 bits per heavy atom. The van der Waals surface area contributed by atoms with Gasteiger partial charge in [0.2, 0.25) is 0 Å². The number of Topliss-reactive ketones (excluding diaryl/α,β-unsaturated/α-hetero) is 1. The zero-order valence-electron chi connectivity index (χ0n) is 17.8. The lowest BCUT2D eigenvalue weighted by Crippen LogP contribution is -2.47. The Morgan fingerprint density at radius 2 is 2.10 bits per heavy atom. The first-order chi connectivity index (χ1) is 13.9. The Labute approximate surface area is 173 Å². The van der Waals surface area contributed by atoms with Crippen molar-refractivity contribution < 1.29 is 9.90 Å². The van der Waals surface area contributed by atoms with Crippen molar-refractivity contribution >= 4 is 5.78 Å². The fourth-order valence-electron chi connectivity index (χ4n) is 8.72. The molecular weight excluding hydrogens is 360 g/mol. The highest BCUT2D eigenvalue weighted by Crippen LogP contribution is 2.69. The van der Waals surface area contributed by atoms with Gasteiger partial charge >= 0.3 is 0 Å². The quantitative estimate of drug-likeness (QED) is 0.780. The van der Waals surface area contributed by atoms with Crippen molar-refractivity contribution in [1.82, 2.24) is 9.78 Å². The maximum atomic E-state index is 13.2. The lowest BCUT2D eigenvalue weighted by molar-refractivity contribution is -0.129. The molecule has 156 valence electrons. The minimum atomic E-state index is -0.379. The second-order valence-electron chi connectivity index (χ2n) is 11.1. The van der Waals surface area contributed by atoms with Gasteiger partial charge in [0.15, 0.2) is 5.78 Å². The van der Waals surface area contributed by atoms with E-state index in [0.717, 1.165) is 24.7 Å². The fourth-order valence-corrected chi connectivity index (χ4v) is 8.72. The highest BCUT2D eigenvalue weighted by atomic mass is 16.3. The highest BCUT2D eigenvalue weighted by molar-refractivity contribution is 5.82. The Bertz CT molecular complexity index is 860. The van der Waals surface area contributed by atoms with Gasteiger partial charge in [0.05, 0.1) is 12.1 Å². The summed E-state index contributed by atoms with van der Waals surface area (Å²) in [5.74, 6) is 4.40. The third-order valence-electron chi connectivity index (χ3n) is 10.3. The van der Waals surface area contributed by atoms with Crippen LogP contribution < -0.4 is 0 Å². The smallest absolute Gasteiger partial charge is 0.157 e. The molecule has 1 heterocycles. The summed E-state index contributed by atoms with van der Waals surface area (Å²) >= 11 is 0. The number of ketones is 1. The van der Waals surface area contributed by atoms with E-state index in [0.29, 0.717) is 36.0 Å². The molecule has 4 nitrogen and oxygen atoms in total. The maximum Gasteiger partial charge on any atom is 0.157 e. The van der Waals surface area contributed by atoms with Crippen LogP contribution in [0.1, 0.15) is 58.8 Å². The van der Waals surface area contributed by atoms with Gasteiger partial charge in [-0.15, -0.1) is 0 Å². The topological polar surface area (TPSA) is 55.1 Å². The molecule has 4 fully saturated rings. The summed E-state index contributed by atoms with van der Waals surface area (Å²) in [5, 5.41) is 15.1. The SMILES string of the molecule is CC1C2C3=CC[C@@H]4[C@H](CC[C@]5(C)[C@@H](C(=O)Cn6cccn6)CC[C@@H]45)[C@H]3CC[C@]12O. The van der Waals surface area contributed by atoms with Gasteiger partial charge in [0.1, 0.15) is 0 Å². The number of fused-ring (bicyclic) bond motifs is 7. The molecule has 6 rings (SSSR count). The molecule has 0 saturated heterocycles. The van der Waals surface area contributed by atoms with Crippen molar-refractivity contribution in [3.05, 3.63) is 30.1 Å². The van der Waals surface area contributed by atoms with Crippen molar-refractivity contribution in [2.75, 3.05) is 0 Å². The van der Waals surface area contributed by atoms with Gasteiger partial charge in [-0.25, -0.2) is 0 Å². The van der Waals surface area contributed by atoms with E-state index < -0.39 is 0 Å². The van der Waals surface area contributed by atoms with Crippen molar-refractivity contribution in [2.24, 2.45) is 46.8 Å². The first-order valence-corrected chi connectivity index (χ1v) is 11.9. The van der Waals surface area contributed by atoms with Crippen molar-refractivity contribution in [3.8, 4) is 0 Å². The summed E-state index contributed by atoms with van der Waals surface area (Å²) in [6.45, 7) is 5.10. The summed E-state index contributed by atoms with van der Waals surface area (Å²) < 4.78 is 1.79. The van der Waals surface area contributed by atoms with Gasteiger partial charge in [-0.05, 0) is 86.0 Å². The fraction of sp³-hybridized carbons (Fsp3) is 0.760. The molecule has 0 amide bonds. The van der Waals surface area contributed by atoms with Crippen molar-refractivity contribution in [1.29, 1.82) is 0 Å². The van der Waals surface area contributed by atoms with Gasteiger partial charge in [-0.1, -0.05) is 25.5 Å². The number of hydrogen-bond acceptors (Lipinski definition) is 3. The van der Waals surface area contributed by atoms with Gasteiger partial charge in [-0.3, -0.25) is 9.48 Å². The molecule has 4 heteroatoms. The van der Waals surface area contributed by atoms with E-state index in [9.17, 15) is 9.90 Å². The van der Waals surface area contributed by atoms with Crippen LogP contribution >= 0.6 is 0 Å². The predicted molar refractivity (Wildman–Crippen MR) is 111 cm³/mol. The summed E-state index contributed by atoms with van der Waals surface area (Å²) in [5.41, 5.74) is 1.40. The van der Waals surface area contributed by atoms with E-state index >= 15 is 0 Å². The molecule has 0 spiro atoms.